The number of hydrogen-bond acceptors (Lipinski definition) is 8. The minimum Gasteiger partial charge on any atom is -0.479 e. The van der Waals surface area contributed by atoms with Crippen LogP contribution >= 0.6 is 0 Å². The fourth-order valence-corrected chi connectivity index (χ4v) is 4.82. The van der Waals surface area contributed by atoms with Crippen LogP contribution in [0.4, 0.5) is 19.1 Å². The molecular weight excluding hydrogens is 477 g/mol. The summed E-state index contributed by atoms with van der Waals surface area (Å²) in [6.07, 6.45) is 0.287. The Labute approximate surface area is 208 Å². The van der Waals surface area contributed by atoms with E-state index in [1.807, 2.05) is 4.90 Å². The summed E-state index contributed by atoms with van der Waals surface area (Å²) < 4.78 is 79.2. The van der Waals surface area contributed by atoms with Crippen LogP contribution in [-0.2, 0) is 11.3 Å². The molecule has 5 heterocycles. The molecule has 1 N–H and O–H groups in total. The van der Waals surface area contributed by atoms with E-state index in [1.54, 1.807) is 18.2 Å². The van der Waals surface area contributed by atoms with Crippen LogP contribution in [0.25, 0.3) is 27.7 Å². The predicted molar refractivity (Wildman–Crippen MR) is 125 cm³/mol. The third-order valence-electron chi connectivity index (χ3n) is 6.77. The monoisotopic (exact) mass is 505 g/mol. The van der Waals surface area contributed by atoms with Crippen LogP contribution in [0.3, 0.4) is 0 Å². The summed E-state index contributed by atoms with van der Waals surface area (Å²) >= 11 is 0. The average molecular weight is 506 g/mol. The van der Waals surface area contributed by atoms with Crippen molar-refractivity contribution in [3.05, 3.63) is 30.2 Å². The zero-order valence-electron chi connectivity index (χ0n) is 22.1. The van der Waals surface area contributed by atoms with Crippen LogP contribution in [0, 0.1) is 5.82 Å². The first-order chi connectivity index (χ1) is 18.7. The van der Waals surface area contributed by atoms with Gasteiger partial charge in [0.25, 0.3) is 0 Å². The first-order valence-corrected chi connectivity index (χ1v) is 11.6. The minimum atomic E-state index is -2.91. The van der Waals surface area contributed by atoms with Gasteiger partial charge in [0.15, 0.2) is 5.82 Å². The van der Waals surface area contributed by atoms with Crippen LogP contribution in [0.5, 0.6) is 5.88 Å². The number of aryl methyl sites for hydroxylation is 1. The first-order valence-electron chi connectivity index (χ1n) is 13.1. The van der Waals surface area contributed by atoms with Crippen molar-refractivity contribution in [3.63, 3.8) is 0 Å². The van der Waals surface area contributed by atoms with E-state index in [2.05, 4.69) is 25.7 Å². The molecule has 3 aromatic heterocycles. The third-order valence-corrected chi connectivity index (χ3v) is 6.77. The molecule has 0 bridgehead atoms. The van der Waals surface area contributed by atoms with Crippen molar-refractivity contribution in [2.45, 2.75) is 31.2 Å². The highest BCUT2D eigenvalue weighted by Crippen LogP contribution is 2.35. The molecule has 4 aromatic rings. The lowest BCUT2D eigenvalue weighted by Gasteiger charge is -2.42. The van der Waals surface area contributed by atoms with Crippen molar-refractivity contribution in [2.75, 3.05) is 45.3 Å². The van der Waals surface area contributed by atoms with Crippen LogP contribution in [0.1, 0.15) is 10.5 Å². The number of halogens is 3. The highest BCUT2D eigenvalue weighted by molar-refractivity contribution is 5.89. The summed E-state index contributed by atoms with van der Waals surface area (Å²) in [5.74, 6) is -1.22. The lowest BCUT2D eigenvalue weighted by molar-refractivity contribution is -0.0794. The van der Waals surface area contributed by atoms with Gasteiger partial charge in [-0.3, -0.25) is 4.90 Å². The van der Waals surface area contributed by atoms with Gasteiger partial charge in [-0.25, -0.2) is 22.4 Å². The number of nitrogens with one attached hydrogen (secondary N) is 1. The SMILES string of the molecule is [2H]C([2H])([2H])Oc1nc(N[C@H]2CCN(C3COC3)C[C@@H]2F)nn2cc(F)c(-c3ccc4nnn(CCF)c4c3)c12. The van der Waals surface area contributed by atoms with Crippen molar-refractivity contribution in [1.82, 2.24) is 34.5 Å². The van der Waals surface area contributed by atoms with Gasteiger partial charge in [-0.15, -0.1) is 10.2 Å². The molecule has 13 heteroatoms. The van der Waals surface area contributed by atoms with Crippen LogP contribution in [-0.4, -0.2) is 92.8 Å². The smallest absolute Gasteiger partial charge is 0.244 e. The summed E-state index contributed by atoms with van der Waals surface area (Å²) in [6.45, 7) is 1.33. The highest BCUT2D eigenvalue weighted by atomic mass is 19.1. The van der Waals surface area contributed by atoms with Gasteiger partial charge < -0.3 is 14.8 Å². The first kappa shape index (κ1) is 19.7. The molecule has 2 aliphatic heterocycles. The van der Waals surface area contributed by atoms with Crippen molar-refractivity contribution in [3.8, 4) is 17.0 Å². The van der Waals surface area contributed by atoms with Gasteiger partial charge in [0.1, 0.15) is 23.9 Å². The number of anilines is 1. The zero-order valence-corrected chi connectivity index (χ0v) is 19.1. The molecule has 0 radical (unpaired) electrons. The fourth-order valence-electron chi connectivity index (χ4n) is 4.82. The number of piperidine rings is 1. The second-order valence-corrected chi connectivity index (χ2v) is 8.93. The van der Waals surface area contributed by atoms with E-state index in [-0.39, 0.29) is 36.2 Å². The number of nitrogens with zero attached hydrogens (tertiary/aromatic N) is 7. The number of rotatable bonds is 7. The second kappa shape index (κ2) is 9.21. The van der Waals surface area contributed by atoms with Crippen LogP contribution < -0.4 is 10.1 Å². The van der Waals surface area contributed by atoms with Gasteiger partial charge >= 0.3 is 0 Å². The summed E-state index contributed by atoms with van der Waals surface area (Å²) in [7, 11) is -2.91. The Hall–Kier alpha value is -3.45. The molecule has 0 saturated carbocycles. The quantitative estimate of drug-likeness (QED) is 0.410. The maximum absolute atomic E-state index is 15.4. The van der Waals surface area contributed by atoms with Crippen LogP contribution in [0.2, 0.25) is 0 Å². The number of likely N-dealkylation sites (tertiary alicyclic amines) is 1. The lowest BCUT2D eigenvalue weighted by atomic mass is 10.0. The molecule has 0 unspecified atom stereocenters. The lowest BCUT2D eigenvalue weighted by Crippen LogP contribution is -2.57. The molecule has 6 rings (SSSR count). The molecule has 2 saturated heterocycles. The normalized spacial score (nSPS) is 22.8. The van der Waals surface area contributed by atoms with E-state index in [1.165, 1.54) is 4.68 Å². The highest BCUT2D eigenvalue weighted by Gasteiger charge is 2.36. The van der Waals surface area contributed by atoms with E-state index in [4.69, 9.17) is 13.6 Å². The molecule has 0 amide bonds. The number of aromatic nitrogens is 6. The predicted octanol–water partition coefficient (Wildman–Crippen LogP) is 2.48. The summed E-state index contributed by atoms with van der Waals surface area (Å²) in [5, 5.41) is 15.1. The van der Waals surface area contributed by atoms with E-state index in [0.29, 0.717) is 42.8 Å². The Balaban J connectivity index is 1.37. The van der Waals surface area contributed by atoms with Crippen molar-refractivity contribution in [2.24, 2.45) is 0 Å². The maximum Gasteiger partial charge on any atom is 0.244 e. The Bertz CT molecular complexity index is 1510. The third kappa shape index (κ3) is 3.91. The van der Waals surface area contributed by atoms with Crippen molar-refractivity contribution >= 4 is 22.5 Å². The maximum atomic E-state index is 15.4. The number of methoxy groups -OCH3 is 1. The fraction of sp³-hybridized carbons (Fsp3) is 0.478. The molecule has 2 fully saturated rings. The molecule has 0 spiro atoms. The van der Waals surface area contributed by atoms with Crippen molar-refractivity contribution in [1.29, 1.82) is 0 Å². The molecule has 0 aliphatic carbocycles. The van der Waals surface area contributed by atoms with E-state index in [9.17, 15) is 4.39 Å². The number of fused-ring (bicyclic) bond motifs is 2. The van der Waals surface area contributed by atoms with E-state index < -0.39 is 37.6 Å². The van der Waals surface area contributed by atoms with Gasteiger partial charge in [-0.05, 0) is 24.1 Å². The zero-order chi connectivity index (χ0) is 27.3. The molecule has 2 aliphatic rings. The molecule has 2 atom stereocenters. The topological polar surface area (TPSA) is 94.6 Å². The molecule has 36 heavy (non-hydrogen) atoms. The average Bonchev–Trinajstić information content (AvgIpc) is 3.38. The van der Waals surface area contributed by atoms with Crippen LogP contribution in [0.15, 0.2) is 24.4 Å². The van der Waals surface area contributed by atoms with Gasteiger partial charge in [0.2, 0.25) is 11.8 Å². The standard InChI is InChI=1S/C23H25F3N8O2/c1-35-22-21-20(13-2-3-18-19(8-13)33(7-5-24)31-29-18)16(26)10-34(21)30-23(28-22)27-17-4-6-32(9-15(17)25)14-11-36-12-14/h2-3,8,10,14-15,17H,4-7,9,11-12H2,1H3,(H,27,30)/t15-,17-/m0/s1/i1D3. The number of benzene rings is 1. The molecule has 190 valence electrons. The number of ether oxygens (including phenoxy) is 2. The molecular formula is C23H25F3N8O2. The Kier molecular flexibility index (Phi) is 5.04. The van der Waals surface area contributed by atoms with E-state index in [0.717, 1.165) is 10.7 Å². The largest absolute Gasteiger partial charge is 0.479 e. The number of hydrogen-bond donors (Lipinski definition) is 1. The van der Waals surface area contributed by atoms with Gasteiger partial charge in [-0.1, -0.05) is 11.3 Å². The summed E-state index contributed by atoms with van der Waals surface area (Å²) in [5.41, 5.74) is 1.23. The van der Waals surface area contributed by atoms with Gasteiger partial charge in [0, 0.05) is 13.1 Å². The Morgan fingerprint density at radius 3 is 2.97 bits per heavy atom. The van der Waals surface area contributed by atoms with E-state index >= 15 is 8.78 Å². The summed E-state index contributed by atoms with van der Waals surface area (Å²) in [6, 6.07) is 4.33. The summed E-state index contributed by atoms with van der Waals surface area (Å²) in [4.78, 5) is 6.26. The van der Waals surface area contributed by atoms with Gasteiger partial charge in [-0.2, -0.15) is 4.98 Å². The Morgan fingerprint density at radius 2 is 2.22 bits per heavy atom. The van der Waals surface area contributed by atoms with Crippen molar-refractivity contribution < 1.29 is 26.8 Å². The second-order valence-electron chi connectivity index (χ2n) is 8.93. The molecule has 10 nitrogen and oxygen atoms in total. The minimum absolute atomic E-state index is 0.0184. The Morgan fingerprint density at radius 1 is 1.33 bits per heavy atom. The number of alkyl halides is 2. The molecule has 1 aromatic carbocycles. The van der Waals surface area contributed by atoms with Gasteiger partial charge in [0.05, 0.1) is 60.3 Å².